The fourth-order valence-corrected chi connectivity index (χ4v) is 7.69. The van der Waals surface area contributed by atoms with Crippen LogP contribution in [0, 0.1) is 5.41 Å². The first kappa shape index (κ1) is 26.5. The van der Waals surface area contributed by atoms with Crippen LogP contribution in [0.2, 0.25) is 13.1 Å². The molecule has 0 unspecified atom stereocenters. The molecule has 0 saturated carbocycles. The van der Waals surface area contributed by atoms with Crippen LogP contribution in [-0.2, 0) is 14.3 Å². The van der Waals surface area contributed by atoms with E-state index in [4.69, 9.17) is 14.3 Å². The summed E-state index contributed by atoms with van der Waals surface area (Å²) in [6.45, 7) is 10.4. The highest BCUT2D eigenvalue weighted by atomic mass is 28.4. The zero-order chi connectivity index (χ0) is 24.5. The van der Waals surface area contributed by atoms with Crippen LogP contribution < -0.4 is 0 Å². The lowest BCUT2D eigenvalue weighted by atomic mass is 9.84. The van der Waals surface area contributed by atoms with Crippen molar-refractivity contribution in [2.75, 3.05) is 13.2 Å². The van der Waals surface area contributed by atoms with Gasteiger partial charge >= 0.3 is 0 Å². The molecule has 0 saturated heterocycles. The summed E-state index contributed by atoms with van der Waals surface area (Å²) in [5.41, 5.74) is 3.46. The number of carboxylic acid groups (broad SMARTS) is 1. The van der Waals surface area contributed by atoms with Crippen LogP contribution in [0.3, 0.4) is 0 Å². The molecular weight excluding hydrogens is 428 g/mol. The molecule has 2 N–H and O–H groups in total. The summed E-state index contributed by atoms with van der Waals surface area (Å²) >= 11 is 0. The van der Waals surface area contributed by atoms with Crippen LogP contribution in [0.5, 0.6) is 0 Å². The molecule has 5 heteroatoms. The summed E-state index contributed by atoms with van der Waals surface area (Å²) in [6, 6.07) is 32.2. The van der Waals surface area contributed by atoms with E-state index in [1.807, 2.05) is 13.8 Å². The Morgan fingerprint density at radius 3 is 1.36 bits per heavy atom. The number of hydrogen-bond acceptors (Lipinski definition) is 3. The zero-order valence-electron chi connectivity index (χ0n) is 20.3. The number of hydrogen-bond donors (Lipinski definition) is 2. The predicted molar refractivity (Wildman–Crippen MR) is 137 cm³/mol. The van der Waals surface area contributed by atoms with E-state index in [0.717, 1.165) is 6.92 Å². The number of carbonyl (C=O) groups is 1. The second kappa shape index (κ2) is 11.4. The largest absolute Gasteiger partial charge is 0.481 e. The molecule has 0 aliphatic rings. The van der Waals surface area contributed by atoms with Crippen molar-refractivity contribution in [3.8, 4) is 0 Å². The van der Waals surface area contributed by atoms with Crippen molar-refractivity contribution in [1.29, 1.82) is 0 Å². The molecule has 0 atom stereocenters. The molecular formula is C28H36O4Si. The summed E-state index contributed by atoms with van der Waals surface area (Å²) in [7, 11) is -2.44. The summed E-state index contributed by atoms with van der Waals surface area (Å²) in [5, 5.41) is 16.8. The number of aliphatic hydroxyl groups excluding tert-OH is 1. The quantitative estimate of drug-likeness (QED) is 0.322. The smallest absolute Gasteiger partial charge is 0.300 e. The first-order valence-electron chi connectivity index (χ1n) is 11.2. The van der Waals surface area contributed by atoms with Gasteiger partial charge in [-0.25, -0.2) is 0 Å². The number of rotatable bonds is 8. The average molecular weight is 465 g/mol. The highest BCUT2D eigenvalue weighted by Crippen LogP contribution is 2.47. The Morgan fingerprint density at radius 2 is 1.09 bits per heavy atom. The minimum Gasteiger partial charge on any atom is -0.481 e. The van der Waals surface area contributed by atoms with Crippen LogP contribution in [-0.4, -0.2) is 37.7 Å². The van der Waals surface area contributed by atoms with Gasteiger partial charge in [-0.1, -0.05) is 105 Å². The van der Waals surface area contributed by atoms with Crippen LogP contribution in [0.25, 0.3) is 0 Å². The third-order valence-electron chi connectivity index (χ3n) is 5.78. The minimum absolute atomic E-state index is 0.104. The standard InChI is InChI=1S/C26H32O2Si.C2H4O2/c1-25(2,20-27)21-28-29(3,4)26(22-14-8-5-9-15-22,23-16-10-6-11-17-23)24-18-12-7-13-19-24;1-2(3)4/h5-19,27H,20-21H2,1-4H3;1H3,(H,3,4). The highest BCUT2D eigenvalue weighted by molar-refractivity contribution is 6.76. The summed E-state index contributed by atoms with van der Waals surface area (Å²) in [4.78, 5) is 9.00. The van der Waals surface area contributed by atoms with Crippen molar-refractivity contribution in [2.45, 2.75) is 38.9 Å². The first-order chi connectivity index (χ1) is 15.6. The van der Waals surface area contributed by atoms with Gasteiger partial charge in [-0.3, -0.25) is 4.79 Å². The monoisotopic (exact) mass is 464 g/mol. The van der Waals surface area contributed by atoms with Crippen molar-refractivity contribution in [2.24, 2.45) is 5.41 Å². The molecule has 0 heterocycles. The van der Waals surface area contributed by atoms with Gasteiger partial charge in [0.05, 0.1) is 11.6 Å². The molecule has 0 aliphatic carbocycles. The van der Waals surface area contributed by atoms with Crippen LogP contribution in [0.15, 0.2) is 91.0 Å². The maximum absolute atomic E-state index is 9.78. The highest BCUT2D eigenvalue weighted by Gasteiger charge is 2.52. The van der Waals surface area contributed by atoms with Crippen molar-refractivity contribution in [3.05, 3.63) is 108 Å². The van der Waals surface area contributed by atoms with E-state index in [2.05, 4.69) is 104 Å². The third kappa shape index (κ3) is 6.41. The van der Waals surface area contributed by atoms with Crippen LogP contribution >= 0.6 is 0 Å². The molecule has 0 spiro atoms. The molecule has 0 aromatic heterocycles. The third-order valence-corrected chi connectivity index (χ3v) is 9.31. The van der Waals surface area contributed by atoms with Gasteiger partial charge in [0.2, 0.25) is 8.32 Å². The topological polar surface area (TPSA) is 66.8 Å². The maximum Gasteiger partial charge on any atom is 0.300 e. The first-order valence-corrected chi connectivity index (χ1v) is 14.1. The van der Waals surface area contributed by atoms with E-state index in [-0.39, 0.29) is 17.1 Å². The molecule has 0 amide bonds. The van der Waals surface area contributed by atoms with E-state index < -0.39 is 14.3 Å². The SMILES string of the molecule is CC(=O)O.CC(C)(CO)CO[Si](C)(C)C(c1ccccc1)(c1ccccc1)c1ccccc1. The summed E-state index contributed by atoms with van der Waals surface area (Å²) < 4.78 is 6.79. The van der Waals surface area contributed by atoms with Crippen molar-refractivity contribution >= 4 is 14.3 Å². The van der Waals surface area contributed by atoms with Gasteiger partial charge in [0.1, 0.15) is 0 Å². The normalized spacial score (nSPS) is 11.9. The number of benzene rings is 3. The lowest BCUT2D eigenvalue weighted by molar-refractivity contribution is -0.134. The van der Waals surface area contributed by atoms with Crippen molar-refractivity contribution < 1.29 is 19.4 Å². The lowest BCUT2D eigenvalue weighted by Gasteiger charge is -2.47. The van der Waals surface area contributed by atoms with E-state index in [9.17, 15) is 5.11 Å². The van der Waals surface area contributed by atoms with E-state index in [1.165, 1.54) is 16.7 Å². The van der Waals surface area contributed by atoms with Gasteiger partial charge in [0.25, 0.3) is 5.97 Å². The van der Waals surface area contributed by atoms with Crippen LogP contribution in [0.1, 0.15) is 37.5 Å². The van der Waals surface area contributed by atoms with E-state index >= 15 is 0 Å². The van der Waals surface area contributed by atoms with E-state index in [1.54, 1.807) is 0 Å². The Bertz CT molecular complexity index is 886. The van der Waals surface area contributed by atoms with Crippen molar-refractivity contribution in [3.63, 3.8) is 0 Å². The fraction of sp³-hybridized carbons (Fsp3) is 0.321. The molecule has 0 fully saturated rings. The molecule has 3 rings (SSSR count). The predicted octanol–water partition coefficient (Wildman–Crippen LogP) is 5.89. The Morgan fingerprint density at radius 1 is 0.788 bits per heavy atom. The van der Waals surface area contributed by atoms with Gasteiger partial charge in [0, 0.05) is 18.9 Å². The second-order valence-corrected chi connectivity index (χ2v) is 13.5. The number of carboxylic acids is 1. The lowest BCUT2D eigenvalue weighted by Crippen LogP contribution is -2.56. The Kier molecular flexibility index (Phi) is 9.17. The molecule has 0 radical (unpaired) electrons. The average Bonchev–Trinajstić information content (AvgIpc) is 2.80. The Labute approximate surface area is 199 Å². The molecule has 3 aromatic rings. The van der Waals surface area contributed by atoms with Gasteiger partial charge in [-0.05, 0) is 29.8 Å². The second-order valence-electron chi connectivity index (χ2n) is 9.49. The van der Waals surface area contributed by atoms with Gasteiger partial charge in [-0.15, -0.1) is 0 Å². The molecule has 0 bridgehead atoms. The number of aliphatic carboxylic acids is 1. The van der Waals surface area contributed by atoms with Gasteiger partial charge in [-0.2, -0.15) is 0 Å². The van der Waals surface area contributed by atoms with Gasteiger partial charge < -0.3 is 14.6 Å². The Balaban J connectivity index is 0.000000890. The number of aliphatic hydroxyl groups is 1. The molecule has 176 valence electrons. The Hall–Kier alpha value is -2.73. The maximum atomic E-state index is 9.78. The van der Waals surface area contributed by atoms with E-state index in [0.29, 0.717) is 6.61 Å². The minimum atomic E-state index is -2.44. The molecule has 33 heavy (non-hydrogen) atoms. The summed E-state index contributed by atoms with van der Waals surface area (Å²) in [6.07, 6.45) is 0. The van der Waals surface area contributed by atoms with Gasteiger partial charge in [0.15, 0.2) is 0 Å². The fourth-order valence-electron chi connectivity index (χ4n) is 4.14. The molecule has 4 nitrogen and oxygen atoms in total. The molecule has 0 aliphatic heterocycles. The van der Waals surface area contributed by atoms with Crippen molar-refractivity contribution in [1.82, 2.24) is 0 Å². The summed E-state index contributed by atoms with van der Waals surface area (Å²) in [5.74, 6) is -0.833. The zero-order valence-corrected chi connectivity index (χ0v) is 21.3. The van der Waals surface area contributed by atoms with Crippen LogP contribution in [0.4, 0.5) is 0 Å². The molecule has 3 aromatic carbocycles.